The topological polar surface area (TPSA) is 52.0 Å². The summed E-state index contributed by atoms with van der Waals surface area (Å²) in [5.74, 6) is 0.349. The third-order valence-corrected chi connectivity index (χ3v) is 4.15. The largest absolute Gasteiger partial charge is 0.267 e. The summed E-state index contributed by atoms with van der Waals surface area (Å²) in [7, 11) is -2.89. The van der Waals surface area contributed by atoms with Gasteiger partial charge in [0.25, 0.3) is 0 Å². The molecule has 4 nitrogen and oxygen atoms in total. The Kier molecular flexibility index (Phi) is 2.19. The minimum Gasteiger partial charge on any atom is -0.267 e. The lowest BCUT2D eigenvalue weighted by Crippen LogP contribution is -2.24. The van der Waals surface area contributed by atoms with Crippen LogP contribution in [0.1, 0.15) is 32.2 Å². The standard InChI is InChI=1S/C10H16N2O2S/c1-10(2,3)9-6-8-7-15(13,14)5-4-12(8)11-9/h6H,4-5,7H2,1-3H3. The van der Waals surface area contributed by atoms with Gasteiger partial charge in [-0.2, -0.15) is 5.10 Å². The van der Waals surface area contributed by atoms with E-state index in [-0.39, 0.29) is 16.9 Å². The van der Waals surface area contributed by atoms with Crippen molar-refractivity contribution in [3.05, 3.63) is 17.5 Å². The monoisotopic (exact) mass is 228 g/mol. The number of aromatic nitrogens is 2. The second kappa shape index (κ2) is 3.07. The van der Waals surface area contributed by atoms with Gasteiger partial charge >= 0.3 is 0 Å². The van der Waals surface area contributed by atoms with Crippen molar-refractivity contribution in [3.63, 3.8) is 0 Å². The maximum Gasteiger partial charge on any atom is 0.157 e. The SMILES string of the molecule is CC(C)(C)c1cc2n(n1)CCS(=O)(=O)C2. The molecular weight excluding hydrogens is 212 g/mol. The van der Waals surface area contributed by atoms with Crippen LogP contribution in [0.15, 0.2) is 6.07 Å². The maximum atomic E-state index is 11.4. The van der Waals surface area contributed by atoms with Gasteiger partial charge in [-0.1, -0.05) is 20.8 Å². The molecule has 5 heteroatoms. The number of hydrogen-bond acceptors (Lipinski definition) is 3. The van der Waals surface area contributed by atoms with Gasteiger partial charge in [-0.15, -0.1) is 0 Å². The lowest BCUT2D eigenvalue weighted by atomic mass is 9.92. The normalized spacial score (nSPS) is 19.9. The van der Waals surface area contributed by atoms with E-state index in [2.05, 4.69) is 25.9 Å². The van der Waals surface area contributed by atoms with Crippen molar-refractivity contribution in [2.75, 3.05) is 5.75 Å². The number of hydrogen-bond donors (Lipinski definition) is 0. The molecule has 1 aliphatic rings. The Labute approximate surface area is 90.2 Å². The number of sulfone groups is 1. The van der Waals surface area contributed by atoms with Crippen LogP contribution in [0.25, 0.3) is 0 Å². The van der Waals surface area contributed by atoms with E-state index in [1.165, 1.54) is 0 Å². The van der Waals surface area contributed by atoms with Gasteiger partial charge in [0.2, 0.25) is 0 Å². The first-order valence-corrected chi connectivity index (χ1v) is 6.88. The van der Waals surface area contributed by atoms with Gasteiger partial charge in [-0.05, 0) is 6.07 Å². The van der Waals surface area contributed by atoms with E-state index in [0.29, 0.717) is 6.54 Å². The highest BCUT2D eigenvalue weighted by molar-refractivity contribution is 7.90. The molecule has 0 spiro atoms. The van der Waals surface area contributed by atoms with Crippen LogP contribution in [0.5, 0.6) is 0 Å². The maximum absolute atomic E-state index is 11.4. The van der Waals surface area contributed by atoms with Crippen LogP contribution < -0.4 is 0 Å². The molecule has 0 saturated carbocycles. The van der Waals surface area contributed by atoms with Crippen molar-refractivity contribution in [2.45, 2.75) is 38.5 Å². The van der Waals surface area contributed by atoms with Gasteiger partial charge in [0, 0.05) is 5.41 Å². The Balaban J connectivity index is 2.42. The lowest BCUT2D eigenvalue weighted by Gasteiger charge is -2.14. The van der Waals surface area contributed by atoms with Crippen molar-refractivity contribution < 1.29 is 8.42 Å². The molecule has 0 fully saturated rings. The third-order valence-electron chi connectivity index (χ3n) is 2.61. The second-order valence-corrected chi connectivity index (χ2v) is 7.27. The van der Waals surface area contributed by atoms with Crippen LogP contribution >= 0.6 is 0 Å². The summed E-state index contributed by atoms with van der Waals surface area (Å²) in [6, 6.07) is 1.91. The molecule has 0 unspecified atom stereocenters. The summed E-state index contributed by atoms with van der Waals surface area (Å²) in [6.07, 6.45) is 0. The molecule has 2 heterocycles. The predicted octanol–water partition coefficient (Wildman–Crippen LogP) is 1.11. The first-order valence-electron chi connectivity index (χ1n) is 5.06. The van der Waals surface area contributed by atoms with Crippen molar-refractivity contribution in [2.24, 2.45) is 0 Å². The molecule has 0 saturated heterocycles. The zero-order chi connectivity index (χ0) is 11.3. The molecule has 0 radical (unpaired) electrons. The molecule has 2 rings (SSSR count). The van der Waals surface area contributed by atoms with Gasteiger partial charge in [0.1, 0.15) is 0 Å². The van der Waals surface area contributed by atoms with E-state index in [1.807, 2.05) is 10.7 Å². The molecule has 15 heavy (non-hydrogen) atoms. The fourth-order valence-corrected chi connectivity index (χ4v) is 2.93. The molecule has 0 N–H and O–H groups in total. The number of fused-ring (bicyclic) bond motifs is 1. The Morgan fingerprint density at radius 2 is 2.07 bits per heavy atom. The van der Waals surface area contributed by atoms with E-state index in [1.54, 1.807) is 0 Å². The number of aryl methyl sites for hydroxylation is 1. The molecule has 0 bridgehead atoms. The first-order chi connectivity index (χ1) is 6.78. The predicted molar refractivity (Wildman–Crippen MR) is 58.4 cm³/mol. The highest BCUT2D eigenvalue weighted by Crippen LogP contribution is 2.24. The summed E-state index contributed by atoms with van der Waals surface area (Å²) in [5, 5.41) is 4.44. The van der Waals surface area contributed by atoms with Crippen LogP contribution in [0, 0.1) is 0 Å². The second-order valence-electron chi connectivity index (χ2n) is 5.09. The molecule has 0 atom stereocenters. The van der Waals surface area contributed by atoms with Crippen LogP contribution in [0.4, 0.5) is 0 Å². The van der Waals surface area contributed by atoms with Crippen molar-refractivity contribution in [1.29, 1.82) is 0 Å². The van der Waals surface area contributed by atoms with Gasteiger partial charge in [-0.3, -0.25) is 4.68 Å². The summed E-state index contributed by atoms with van der Waals surface area (Å²) < 4.78 is 24.7. The third kappa shape index (κ3) is 2.07. The van der Waals surface area contributed by atoms with Gasteiger partial charge in [0.05, 0.1) is 29.4 Å². The van der Waals surface area contributed by atoms with E-state index in [0.717, 1.165) is 11.4 Å². The van der Waals surface area contributed by atoms with Crippen LogP contribution in [-0.4, -0.2) is 24.0 Å². The lowest BCUT2D eigenvalue weighted by molar-refractivity contribution is 0.525. The smallest absolute Gasteiger partial charge is 0.157 e. The van der Waals surface area contributed by atoms with E-state index in [4.69, 9.17) is 0 Å². The molecular formula is C10H16N2O2S. The Morgan fingerprint density at radius 1 is 1.40 bits per heavy atom. The van der Waals surface area contributed by atoms with Gasteiger partial charge < -0.3 is 0 Å². The Bertz CT molecular complexity index is 480. The molecule has 1 aromatic heterocycles. The highest BCUT2D eigenvalue weighted by atomic mass is 32.2. The molecule has 0 aromatic carbocycles. The van der Waals surface area contributed by atoms with Crippen LogP contribution in [0.2, 0.25) is 0 Å². The molecule has 1 aromatic rings. The molecule has 0 aliphatic carbocycles. The average Bonchev–Trinajstić information content (AvgIpc) is 2.43. The van der Waals surface area contributed by atoms with Crippen LogP contribution in [-0.2, 0) is 27.5 Å². The minimum absolute atomic E-state index is 0.0197. The summed E-state index contributed by atoms with van der Waals surface area (Å²) >= 11 is 0. The Morgan fingerprint density at radius 3 is 2.67 bits per heavy atom. The zero-order valence-electron chi connectivity index (χ0n) is 9.32. The quantitative estimate of drug-likeness (QED) is 0.668. The first kappa shape index (κ1) is 10.7. The fraction of sp³-hybridized carbons (Fsp3) is 0.700. The number of rotatable bonds is 0. The summed E-state index contributed by atoms with van der Waals surface area (Å²) in [4.78, 5) is 0. The number of nitrogens with zero attached hydrogens (tertiary/aromatic N) is 2. The van der Waals surface area contributed by atoms with Crippen molar-refractivity contribution in [1.82, 2.24) is 9.78 Å². The zero-order valence-corrected chi connectivity index (χ0v) is 10.1. The van der Waals surface area contributed by atoms with Gasteiger partial charge in [-0.25, -0.2) is 8.42 Å². The highest BCUT2D eigenvalue weighted by Gasteiger charge is 2.26. The van der Waals surface area contributed by atoms with Crippen molar-refractivity contribution >= 4 is 9.84 Å². The van der Waals surface area contributed by atoms with E-state index in [9.17, 15) is 8.42 Å². The Hall–Kier alpha value is -0.840. The van der Waals surface area contributed by atoms with Gasteiger partial charge in [0.15, 0.2) is 9.84 Å². The molecule has 1 aliphatic heterocycles. The van der Waals surface area contributed by atoms with Crippen molar-refractivity contribution in [3.8, 4) is 0 Å². The fourth-order valence-electron chi connectivity index (χ4n) is 1.65. The summed E-state index contributed by atoms with van der Waals surface area (Å²) in [6.45, 7) is 6.73. The van der Waals surface area contributed by atoms with E-state index >= 15 is 0 Å². The van der Waals surface area contributed by atoms with Crippen LogP contribution in [0.3, 0.4) is 0 Å². The summed E-state index contributed by atoms with van der Waals surface area (Å²) in [5.41, 5.74) is 1.77. The minimum atomic E-state index is -2.89. The molecule has 0 amide bonds. The molecule has 84 valence electrons. The van der Waals surface area contributed by atoms with E-state index < -0.39 is 9.84 Å². The average molecular weight is 228 g/mol.